The molecule has 0 aromatic carbocycles. The predicted octanol–water partition coefficient (Wildman–Crippen LogP) is 2.48. The van der Waals surface area contributed by atoms with Gasteiger partial charge in [0.15, 0.2) is 0 Å². The van der Waals surface area contributed by atoms with Gasteiger partial charge in [0.2, 0.25) is 5.91 Å². The number of nitrogens with zero attached hydrogens (tertiary/aromatic N) is 2. The molecule has 2 unspecified atom stereocenters. The highest BCUT2D eigenvalue weighted by molar-refractivity contribution is 5.78. The number of carbonyl (C=O) groups excluding carboxylic acids is 2. The van der Waals surface area contributed by atoms with E-state index in [4.69, 9.17) is 4.74 Å². The highest BCUT2D eigenvalue weighted by Gasteiger charge is 2.25. The number of ether oxygens (including phenoxy) is 1. The summed E-state index contributed by atoms with van der Waals surface area (Å²) in [5.74, 6) is 1.04. The first-order chi connectivity index (χ1) is 12.0. The first-order valence-electron chi connectivity index (χ1n) is 9.89. The van der Waals surface area contributed by atoms with Crippen LogP contribution in [0.3, 0.4) is 0 Å². The van der Waals surface area contributed by atoms with Gasteiger partial charge < -0.3 is 15.0 Å². The minimum Gasteiger partial charge on any atom is -0.449 e. The van der Waals surface area contributed by atoms with Gasteiger partial charge >= 0.3 is 6.09 Å². The van der Waals surface area contributed by atoms with Gasteiger partial charge in [0.05, 0.1) is 13.2 Å². The molecule has 2 atom stereocenters. The van der Waals surface area contributed by atoms with Gasteiger partial charge in [-0.3, -0.25) is 9.69 Å². The highest BCUT2D eigenvalue weighted by Crippen LogP contribution is 2.23. The molecule has 1 saturated heterocycles. The van der Waals surface area contributed by atoms with Crippen LogP contribution in [0.15, 0.2) is 0 Å². The molecule has 0 spiro atoms. The standard InChI is InChI=1S/C19H35N3O3/c1-15(2)14-25-19(24)22-10-6-9-21(11-12-22)13-18(23)20-17-8-5-4-7-16(17)3/h15-17H,4-14H2,1-3H3,(H,20,23). The van der Waals surface area contributed by atoms with Crippen LogP contribution < -0.4 is 5.32 Å². The van der Waals surface area contributed by atoms with E-state index in [1.54, 1.807) is 4.90 Å². The second-order valence-electron chi connectivity index (χ2n) is 8.02. The third-order valence-corrected chi connectivity index (χ3v) is 5.21. The molecule has 2 rings (SSSR count). The third-order valence-electron chi connectivity index (χ3n) is 5.21. The summed E-state index contributed by atoms with van der Waals surface area (Å²) in [6, 6.07) is 0.329. The molecule has 6 heteroatoms. The van der Waals surface area contributed by atoms with E-state index in [-0.39, 0.29) is 12.0 Å². The molecule has 0 radical (unpaired) electrons. The first kappa shape index (κ1) is 20.0. The van der Waals surface area contributed by atoms with Crippen molar-refractivity contribution in [2.75, 3.05) is 39.3 Å². The number of nitrogens with one attached hydrogen (secondary N) is 1. The molecule has 1 N–H and O–H groups in total. The summed E-state index contributed by atoms with van der Waals surface area (Å²) in [4.78, 5) is 28.4. The van der Waals surface area contributed by atoms with Gasteiger partial charge in [-0.25, -0.2) is 4.79 Å². The van der Waals surface area contributed by atoms with Gasteiger partial charge in [0.1, 0.15) is 0 Å². The molecule has 25 heavy (non-hydrogen) atoms. The molecule has 0 aromatic rings. The van der Waals surface area contributed by atoms with Crippen molar-refractivity contribution in [3.05, 3.63) is 0 Å². The van der Waals surface area contributed by atoms with Crippen LogP contribution in [0.1, 0.15) is 52.9 Å². The smallest absolute Gasteiger partial charge is 0.409 e. The van der Waals surface area contributed by atoms with E-state index in [1.165, 1.54) is 19.3 Å². The molecular weight excluding hydrogens is 318 g/mol. The molecule has 1 saturated carbocycles. The van der Waals surface area contributed by atoms with Gasteiger partial charge in [0, 0.05) is 32.2 Å². The molecule has 144 valence electrons. The SMILES string of the molecule is CC(C)COC(=O)N1CCCN(CC(=O)NC2CCCCC2C)CC1. The monoisotopic (exact) mass is 353 g/mol. The summed E-state index contributed by atoms with van der Waals surface area (Å²) in [5, 5.41) is 3.22. The zero-order valence-corrected chi connectivity index (χ0v) is 16.1. The predicted molar refractivity (Wildman–Crippen MR) is 98.4 cm³/mol. The van der Waals surface area contributed by atoms with E-state index in [9.17, 15) is 9.59 Å². The van der Waals surface area contributed by atoms with Gasteiger partial charge in [-0.05, 0) is 31.1 Å². The fourth-order valence-corrected chi connectivity index (χ4v) is 3.63. The second-order valence-corrected chi connectivity index (χ2v) is 8.02. The summed E-state index contributed by atoms with van der Waals surface area (Å²) < 4.78 is 5.32. The lowest BCUT2D eigenvalue weighted by Gasteiger charge is -2.30. The van der Waals surface area contributed by atoms with Crippen molar-refractivity contribution in [1.29, 1.82) is 0 Å². The molecule has 1 aliphatic heterocycles. The van der Waals surface area contributed by atoms with Crippen LogP contribution in [0.2, 0.25) is 0 Å². The van der Waals surface area contributed by atoms with Crippen molar-refractivity contribution >= 4 is 12.0 Å². The van der Waals surface area contributed by atoms with Crippen molar-refractivity contribution in [2.24, 2.45) is 11.8 Å². The van der Waals surface area contributed by atoms with Gasteiger partial charge in [-0.15, -0.1) is 0 Å². The van der Waals surface area contributed by atoms with E-state index >= 15 is 0 Å². The third kappa shape index (κ3) is 6.84. The van der Waals surface area contributed by atoms with Gasteiger partial charge in [-0.1, -0.05) is 33.6 Å². The fourth-order valence-electron chi connectivity index (χ4n) is 3.63. The maximum Gasteiger partial charge on any atom is 0.409 e. The maximum atomic E-state index is 12.4. The summed E-state index contributed by atoms with van der Waals surface area (Å²) in [7, 11) is 0. The number of amides is 2. The van der Waals surface area contributed by atoms with Crippen LogP contribution in [0, 0.1) is 11.8 Å². The fraction of sp³-hybridized carbons (Fsp3) is 0.895. The Morgan fingerprint density at radius 1 is 1.08 bits per heavy atom. The number of carbonyl (C=O) groups is 2. The van der Waals surface area contributed by atoms with Crippen LogP contribution >= 0.6 is 0 Å². The average Bonchev–Trinajstić information content (AvgIpc) is 2.80. The van der Waals surface area contributed by atoms with Crippen LogP contribution in [0.25, 0.3) is 0 Å². The van der Waals surface area contributed by atoms with Crippen molar-refractivity contribution in [3.8, 4) is 0 Å². The largest absolute Gasteiger partial charge is 0.449 e. The first-order valence-corrected chi connectivity index (χ1v) is 9.89. The lowest BCUT2D eigenvalue weighted by molar-refractivity contribution is -0.123. The van der Waals surface area contributed by atoms with Gasteiger partial charge in [-0.2, -0.15) is 0 Å². The summed E-state index contributed by atoms with van der Waals surface area (Å²) in [5.41, 5.74) is 0. The second kappa shape index (κ2) is 10.00. The molecular formula is C19H35N3O3. The van der Waals surface area contributed by atoms with Crippen molar-refractivity contribution in [3.63, 3.8) is 0 Å². The molecule has 1 heterocycles. The van der Waals surface area contributed by atoms with Crippen LogP contribution in [-0.4, -0.2) is 67.2 Å². The molecule has 2 fully saturated rings. The minimum absolute atomic E-state index is 0.120. The zero-order chi connectivity index (χ0) is 18.2. The van der Waals surface area contributed by atoms with E-state index in [0.717, 1.165) is 25.9 Å². The zero-order valence-electron chi connectivity index (χ0n) is 16.1. The number of rotatable bonds is 5. The van der Waals surface area contributed by atoms with Crippen LogP contribution in [0.5, 0.6) is 0 Å². The average molecular weight is 354 g/mol. The summed E-state index contributed by atoms with van der Waals surface area (Å²) >= 11 is 0. The Bertz CT molecular complexity index is 442. The van der Waals surface area contributed by atoms with E-state index in [2.05, 4.69) is 17.1 Å². The van der Waals surface area contributed by atoms with Crippen LogP contribution in [-0.2, 0) is 9.53 Å². The van der Waals surface area contributed by atoms with E-state index < -0.39 is 0 Å². The lowest BCUT2D eigenvalue weighted by Crippen LogP contribution is -2.46. The quantitative estimate of drug-likeness (QED) is 0.825. The highest BCUT2D eigenvalue weighted by atomic mass is 16.6. The molecule has 2 amide bonds. The van der Waals surface area contributed by atoms with Gasteiger partial charge in [0.25, 0.3) is 0 Å². The Morgan fingerprint density at radius 3 is 2.56 bits per heavy atom. The van der Waals surface area contributed by atoms with Crippen molar-refractivity contribution < 1.29 is 14.3 Å². The molecule has 2 aliphatic rings. The molecule has 1 aliphatic carbocycles. The number of hydrogen-bond acceptors (Lipinski definition) is 4. The Morgan fingerprint density at radius 2 is 1.84 bits per heavy atom. The van der Waals surface area contributed by atoms with E-state index in [1.807, 2.05) is 13.8 Å². The Hall–Kier alpha value is -1.30. The van der Waals surface area contributed by atoms with Crippen LogP contribution in [0.4, 0.5) is 4.79 Å². The molecule has 6 nitrogen and oxygen atoms in total. The normalized spacial score (nSPS) is 25.5. The maximum absolute atomic E-state index is 12.4. The Labute approximate surface area is 152 Å². The Balaban J connectivity index is 1.72. The molecule has 0 bridgehead atoms. The summed E-state index contributed by atoms with van der Waals surface area (Å²) in [6.45, 7) is 10.1. The minimum atomic E-state index is -0.226. The lowest BCUT2D eigenvalue weighted by atomic mass is 9.86. The Kier molecular flexibility index (Phi) is 8.00. The topological polar surface area (TPSA) is 61.9 Å². The number of hydrogen-bond donors (Lipinski definition) is 1. The summed E-state index contributed by atoms with van der Waals surface area (Å²) in [6.07, 6.45) is 5.46. The van der Waals surface area contributed by atoms with Crippen molar-refractivity contribution in [2.45, 2.75) is 58.9 Å². The van der Waals surface area contributed by atoms with E-state index in [0.29, 0.717) is 44.1 Å². The van der Waals surface area contributed by atoms with Crippen molar-refractivity contribution in [1.82, 2.24) is 15.1 Å². The molecule has 0 aromatic heterocycles.